The topological polar surface area (TPSA) is 50.1 Å². The van der Waals surface area contributed by atoms with Crippen molar-refractivity contribution in [3.05, 3.63) is 23.8 Å². The van der Waals surface area contributed by atoms with Crippen LogP contribution in [-0.4, -0.2) is 24.6 Å². The van der Waals surface area contributed by atoms with E-state index >= 15 is 0 Å². The predicted molar refractivity (Wildman–Crippen MR) is 70.3 cm³/mol. The number of benzene rings is 1. The summed E-state index contributed by atoms with van der Waals surface area (Å²) >= 11 is 2.96. The summed E-state index contributed by atoms with van der Waals surface area (Å²) in [6.45, 7) is 2.04. The summed E-state index contributed by atoms with van der Waals surface area (Å²) in [6, 6.07) is 7.88. The van der Waals surface area contributed by atoms with E-state index in [1.54, 1.807) is 11.8 Å². The normalized spacial score (nSPS) is 9.71. The lowest BCUT2D eigenvalue weighted by Crippen LogP contribution is -2.03. The third-order valence-corrected chi connectivity index (χ3v) is 3.94. The molecule has 1 aromatic carbocycles. The fourth-order valence-corrected chi connectivity index (χ4v) is 2.93. The molecule has 3 nitrogen and oxygen atoms in total. The van der Waals surface area contributed by atoms with Crippen molar-refractivity contribution in [3.63, 3.8) is 0 Å². The standard InChI is InChI=1S/C12H13NO2S2/c1-3-16-10-5-4-6-11(9(10)7-13)17-8-12(14)15-2/h4-6H,3,8H2,1-2H3. The van der Waals surface area contributed by atoms with E-state index < -0.39 is 0 Å². The Morgan fingerprint density at radius 2 is 2.06 bits per heavy atom. The summed E-state index contributed by atoms with van der Waals surface area (Å²) in [5, 5.41) is 9.16. The molecule has 0 atom stereocenters. The van der Waals surface area contributed by atoms with Crippen LogP contribution in [-0.2, 0) is 9.53 Å². The summed E-state index contributed by atoms with van der Waals surface area (Å²) in [7, 11) is 1.36. The largest absolute Gasteiger partial charge is 0.468 e. The second kappa shape index (κ2) is 7.25. The number of carbonyl (C=O) groups excluding carboxylic acids is 1. The number of ether oxygens (including phenoxy) is 1. The minimum Gasteiger partial charge on any atom is -0.468 e. The van der Waals surface area contributed by atoms with Gasteiger partial charge in [0.05, 0.1) is 18.4 Å². The molecule has 0 unspecified atom stereocenters. The number of nitriles is 1. The molecule has 0 N–H and O–H groups in total. The summed E-state index contributed by atoms with van der Waals surface area (Å²) in [5.41, 5.74) is 0.647. The van der Waals surface area contributed by atoms with Crippen LogP contribution in [0.3, 0.4) is 0 Å². The Balaban J connectivity index is 2.88. The van der Waals surface area contributed by atoms with Crippen LogP contribution in [0.4, 0.5) is 0 Å². The van der Waals surface area contributed by atoms with Gasteiger partial charge < -0.3 is 4.74 Å². The van der Waals surface area contributed by atoms with Gasteiger partial charge >= 0.3 is 5.97 Å². The van der Waals surface area contributed by atoms with Crippen LogP contribution < -0.4 is 0 Å². The van der Waals surface area contributed by atoms with E-state index in [1.165, 1.54) is 18.9 Å². The fraction of sp³-hybridized carbons (Fsp3) is 0.333. The minimum atomic E-state index is -0.285. The Bertz CT molecular complexity index is 441. The van der Waals surface area contributed by atoms with Crippen LogP contribution in [0.5, 0.6) is 0 Å². The molecule has 0 radical (unpaired) electrons. The highest BCUT2D eigenvalue weighted by Crippen LogP contribution is 2.30. The number of rotatable bonds is 5. The minimum absolute atomic E-state index is 0.228. The fourth-order valence-electron chi connectivity index (χ4n) is 1.21. The molecule has 0 saturated heterocycles. The molecule has 1 aromatic rings. The number of thioether (sulfide) groups is 2. The van der Waals surface area contributed by atoms with E-state index in [-0.39, 0.29) is 11.7 Å². The van der Waals surface area contributed by atoms with Crippen molar-refractivity contribution in [1.29, 1.82) is 5.26 Å². The van der Waals surface area contributed by atoms with Gasteiger partial charge in [-0.3, -0.25) is 4.79 Å². The molecule has 0 saturated carbocycles. The third kappa shape index (κ3) is 3.99. The number of hydrogen-bond donors (Lipinski definition) is 0. The summed E-state index contributed by atoms with van der Waals surface area (Å²) in [6.07, 6.45) is 0. The van der Waals surface area contributed by atoms with E-state index in [0.29, 0.717) is 5.56 Å². The van der Waals surface area contributed by atoms with Gasteiger partial charge in [0.1, 0.15) is 6.07 Å². The van der Waals surface area contributed by atoms with Crippen LogP contribution in [0.15, 0.2) is 28.0 Å². The van der Waals surface area contributed by atoms with Gasteiger partial charge in [0.15, 0.2) is 0 Å². The zero-order chi connectivity index (χ0) is 12.7. The summed E-state index contributed by atoms with van der Waals surface area (Å²) in [4.78, 5) is 12.9. The molecule has 0 aromatic heterocycles. The van der Waals surface area contributed by atoms with Gasteiger partial charge in [0.2, 0.25) is 0 Å². The highest BCUT2D eigenvalue weighted by atomic mass is 32.2. The summed E-state index contributed by atoms with van der Waals surface area (Å²) < 4.78 is 4.58. The van der Waals surface area contributed by atoms with E-state index in [2.05, 4.69) is 10.8 Å². The first-order chi connectivity index (χ1) is 8.22. The van der Waals surface area contributed by atoms with Crippen molar-refractivity contribution >= 4 is 29.5 Å². The van der Waals surface area contributed by atoms with Gasteiger partial charge in [0, 0.05) is 9.79 Å². The average Bonchev–Trinajstić information content (AvgIpc) is 2.36. The van der Waals surface area contributed by atoms with Gasteiger partial charge in [-0.1, -0.05) is 13.0 Å². The number of methoxy groups -OCH3 is 1. The maximum Gasteiger partial charge on any atom is 0.315 e. The molecule has 0 aliphatic rings. The molecular weight excluding hydrogens is 254 g/mol. The number of nitrogens with zero attached hydrogens (tertiary/aromatic N) is 1. The zero-order valence-electron chi connectivity index (χ0n) is 9.73. The second-order valence-corrected chi connectivity index (χ2v) is 5.36. The van der Waals surface area contributed by atoms with E-state index in [4.69, 9.17) is 5.26 Å². The van der Waals surface area contributed by atoms with Crippen LogP contribution in [0.25, 0.3) is 0 Å². The molecule has 0 aliphatic carbocycles. The van der Waals surface area contributed by atoms with Gasteiger partial charge in [0.25, 0.3) is 0 Å². The highest BCUT2D eigenvalue weighted by molar-refractivity contribution is 8.00. The molecule has 0 fully saturated rings. The number of esters is 1. The van der Waals surface area contributed by atoms with E-state index in [0.717, 1.165) is 15.5 Å². The first-order valence-electron chi connectivity index (χ1n) is 5.08. The lowest BCUT2D eigenvalue weighted by Gasteiger charge is -2.07. The van der Waals surface area contributed by atoms with Crippen LogP contribution in [0, 0.1) is 11.3 Å². The van der Waals surface area contributed by atoms with Crippen LogP contribution in [0.2, 0.25) is 0 Å². The Morgan fingerprint density at radius 1 is 1.41 bits per heavy atom. The second-order valence-electron chi connectivity index (χ2n) is 3.04. The van der Waals surface area contributed by atoms with Crippen molar-refractivity contribution in [2.75, 3.05) is 18.6 Å². The SMILES string of the molecule is CCSc1cccc(SCC(=O)OC)c1C#N. The van der Waals surface area contributed by atoms with Crippen molar-refractivity contribution in [3.8, 4) is 6.07 Å². The lowest BCUT2D eigenvalue weighted by atomic mass is 10.2. The van der Waals surface area contributed by atoms with Crippen molar-refractivity contribution < 1.29 is 9.53 Å². The van der Waals surface area contributed by atoms with Crippen molar-refractivity contribution in [2.45, 2.75) is 16.7 Å². The van der Waals surface area contributed by atoms with Crippen LogP contribution in [0.1, 0.15) is 12.5 Å². The van der Waals surface area contributed by atoms with Crippen LogP contribution >= 0.6 is 23.5 Å². The number of carbonyl (C=O) groups is 1. The molecule has 0 amide bonds. The Hall–Kier alpha value is -1.12. The molecule has 5 heteroatoms. The van der Waals surface area contributed by atoms with Gasteiger partial charge in [-0.25, -0.2) is 0 Å². The molecular formula is C12H13NO2S2. The monoisotopic (exact) mass is 267 g/mol. The molecule has 90 valence electrons. The Kier molecular flexibility index (Phi) is 5.95. The third-order valence-electron chi connectivity index (χ3n) is 1.97. The zero-order valence-corrected chi connectivity index (χ0v) is 11.4. The Morgan fingerprint density at radius 3 is 2.59 bits per heavy atom. The highest BCUT2D eigenvalue weighted by Gasteiger charge is 2.10. The average molecular weight is 267 g/mol. The lowest BCUT2D eigenvalue weighted by molar-refractivity contribution is -0.137. The van der Waals surface area contributed by atoms with E-state index in [1.807, 2.05) is 25.1 Å². The molecule has 0 aliphatic heterocycles. The van der Waals surface area contributed by atoms with Gasteiger partial charge in [-0.2, -0.15) is 5.26 Å². The molecule has 0 heterocycles. The maximum absolute atomic E-state index is 11.1. The van der Waals surface area contributed by atoms with Gasteiger partial charge in [-0.05, 0) is 17.9 Å². The summed E-state index contributed by atoms with van der Waals surface area (Å²) in [5.74, 6) is 0.859. The molecule has 1 rings (SSSR count). The molecule has 17 heavy (non-hydrogen) atoms. The maximum atomic E-state index is 11.1. The predicted octanol–water partition coefficient (Wildman–Crippen LogP) is 2.94. The van der Waals surface area contributed by atoms with E-state index in [9.17, 15) is 4.79 Å². The van der Waals surface area contributed by atoms with Crippen molar-refractivity contribution in [1.82, 2.24) is 0 Å². The first kappa shape index (κ1) is 13.9. The first-order valence-corrected chi connectivity index (χ1v) is 7.05. The Labute approximate surface area is 110 Å². The number of hydrogen-bond acceptors (Lipinski definition) is 5. The molecule has 0 bridgehead atoms. The van der Waals surface area contributed by atoms with Gasteiger partial charge in [-0.15, -0.1) is 23.5 Å². The van der Waals surface area contributed by atoms with Crippen molar-refractivity contribution in [2.24, 2.45) is 0 Å². The smallest absolute Gasteiger partial charge is 0.315 e. The molecule has 0 spiro atoms. The quantitative estimate of drug-likeness (QED) is 0.606.